The summed E-state index contributed by atoms with van der Waals surface area (Å²) in [6.07, 6.45) is -1.31. The molecule has 4 atom stereocenters. The molecule has 2 heterocycles. The van der Waals surface area contributed by atoms with Gasteiger partial charge in [0.15, 0.2) is 6.23 Å². The minimum absolute atomic E-state index is 0.150. The molecule has 0 unspecified atom stereocenters. The van der Waals surface area contributed by atoms with Crippen LogP contribution in [-0.2, 0) is 4.74 Å². The zero-order valence-electron chi connectivity index (χ0n) is 8.89. The van der Waals surface area contributed by atoms with Gasteiger partial charge in [-0.25, -0.2) is 4.68 Å². The van der Waals surface area contributed by atoms with Gasteiger partial charge in [0.05, 0.1) is 18.4 Å². The number of nitrogen functional groups attached to an aromatic ring is 1. The Kier molecular flexibility index (Phi) is 3.11. The Hall–Kier alpha value is -1.48. The van der Waals surface area contributed by atoms with Gasteiger partial charge in [-0.15, -0.1) is 0 Å². The molecule has 1 aromatic heterocycles. The van der Waals surface area contributed by atoms with E-state index in [-0.39, 0.29) is 5.84 Å². The first-order valence-corrected chi connectivity index (χ1v) is 5.05. The second kappa shape index (κ2) is 4.41. The maximum atomic E-state index is 9.73. The van der Waals surface area contributed by atoms with Crippen molar-refractivity contribution in [3.05, 3.63) is 18.0 Å². The van der Waals surface area contributed by atoms with Crippen molar-refractivity contribution in [2.24, 2.45) is 5.73 Å². The van der Waals surface area contributed by atoms with Gasteiger partial charge >= 0.3 is 0 Å². The molecule has 8 heteroatoms. The number of nitrogens with one attached hydrogen (secondary N) is 1. The number of aliphatic hydroxyl groups is 3. The van der Waals surface area contributed by atoms with Gasteiger partial charge in [-0.2, -0.15) is 5.10 Å². The van der Waals surface area contributed by atoms with E-state index in [1.807, 2.05) is 0 Å². The van der Waals surface area contributed by atoms with Crippen LogP contribution in [0, 0.1) is 5.41 Å². The van der Waals surface area contributed by atoms with Crippen molar-refractivity contribution < 1.29 is 20.1 Å². The third kappa shape index (κ3) is 2.03. The molecule has 0 aliphatic carbocycles. The molecule has 1 aromatic rings. The maximum Gasteiger partial charge on any atom is 0.179 e. The molecular weight excluding hydrogens is 228 g/mol. The van der Waals surface area contributed by atoms with Gasteiger partial charge in [0.2, 0.25) is 0 Å². The van der Waals surface area contributed by atoms with E-state index in [4.69, 9.17) is 21.0 Å². The van der Waals surface area contributed by atoms with Crippen molar-refractivity contribution in [3.63, 3.8) is 0 Å². The minimum atomic E-state index is -1.19. The molecule has 1 saturated heterocycles. The van der Waals surface area contributed by atoms with Gasteiger partial charge in [0, 0.05) is 6.20 Å². The second-order valence-corrected chi connectivity index (χ2v) is 3.85. The number of nitrogens with zero attached hydrogens (tertiary/aromatic N) is 2. The lowest BCUT2D eigenvalue weighted by atomic mass is 10.1. The monoisotopic (exact) mass is 242 g/mol. The lowest BCUT2D eigenvalue weighted by molar-refractivity contribution is -0.0586. The molecular formula is C9H14N4O4. The smallest absolute Gasteiger partial charge is 0.179 e. The van der Waals surface area contributed by atoms with Crippen molar-refractivity contribution in [2.45, 2.75) is 24.5 Å². The standard InChI is InChI=1S/C9H14N4O4/c10-8(11)4-1-12-13(2-4)9-7(16)6(15)5(3-14)17-9/h1-2,5-7,9,14-16H,3H2,(H3,10,11)/t5-,6-,7-,9-/m1/s1. The normalized spacial score (nSPS) is 32.9. The molecule has 0 amide bonds. The van der Waals surface area contributed by atoms with Crippen LogP contribution < -0.4 is 5.73 Å². The molecule has 6 N–H and O–H groups in total. The van der Waals surface area contributed by atoms with Gasteiger partial charge in [-0.3, -0.25) is 5.41 Å². The first-order valence-electron chi connectivity index (χ1n) is 5.05. The molecule has 0 bridgehead atoms. The Balaban J connectivity index is 2.19. The van der Waals surface area contributed by atoms with Crippen LogP contribution in [0.15, 0.2) is 12.4 Å². The number of amidine groups is 1. The molecule has 8 nitrogen and oxygen atoms in total. The van der Waals surface area contributed by atoms with Crippen molar-refractivity contribution in [1.82, 2.24) is 9.78 Å². The minimum Gasteiger partial charge on any atom is -0.394 e. The zero-order valence-corrected chi connectivity index (χ0v) is 8.89. The van der Waals surface area contributed by atoms with Crippen LogP contribution >= 0.6 is 0 Å². The molecule has 17 heavy (non-hydrogen) atoms. The predicted molar refractivity (Wildman–Crippen MR) is 56.3 cm³/mol. The van der Waals surface area contributed by atoms with E-state index < -0.39 is 31.1 Å². The summed E-state index contributed by atoms with van der Waals surface area (Å²) in [7, 11) is 0. The molecule has 0 saturated carbocycles. The van der Waals surface area contributed by atoms with E-state index in [2.05, 4.69) is 5.10 Å². The van der Waals surface area contributed by atoms with Crippen molar-refractivity contribution in [2.75, 3.05) is 6.61 Å². The Labute approximate surface area is 96.7 Å². The van der Waals surface area contributed by atoms with E-state index >= 15 is 0 Å². The van der Waals surface area contributed by atoms with Crippen molar-refractivity contribution >= 4 is 5.84 Å². The fourth-order valence-electron chi connectivity index (χ4n) is 1.71. The van der Waals surface area contributed by atoms with Gasteiger partial charge in [0.1, 0.15) is 24.1 Å². The average Bonchev–Trinajstić information content (AvgIpc) is 2.87. The van der Waals surface area contributed by atoms with Crippen LogP contribution in [-0.4, -0.2) is 55.9 Å². The topological polar surface area (TPSA) is 138 Å². The molecule has 1 aliphatic rings. The predicted octanol–water partition coefficient (Wildman–Crippen LogP) is -2.22. The third-order valence-corrected chi connectivity index (χ3v) is 2.69. The SMILES string of the molecule is N=C(N)c1cnn([C@@H]2O[C@H](CO)[C@@H](O)[C@H]2O)c1. The summed E-state index contributed by atoms with van der Waals surface area (Å²) in [4.78, 5) is 0. The number of rotatable bonds is 3. The fraction of sp³-hybridized carbons (Fsp3) is 0.556. The Morgan fingerprint density at radius 3 is 2.71 bits per heavy atom. The summed E-state index contributed by atoms with van der Waals surface area (Å²) in [5.74, 6) is -0.150. The molecule has 1 fully saturated rings. The summed E-state index contributed by atoms with van der Waals surface area (Å²) >= 11 is 0. The van der Waals surface area contributed by atoms with E-state index in [9.17, 15) is 10.2 Å². The first kappa shape index (κ1) is 12.0. The van der Waals surface area contributed by atoms with E-state index in [0.29, 0.717) is 5.56 Å². The highest BCUT2D eigenvalue weighted by Crippen LogP contribution is 2.28. The summed E-state index contributed by atoms with van der Waals surface area (Å²) in [6.45, 7) is -0.393. The van der Waals surface area contributed by atoms with Gasteiger partial charge < -0.3 is 25.8 Å². The van der Waals surface area contributed by atoms with Gasteiger partial charge in [-0.05, 0) is 0 Å². The largest absolute Gasteiger partial charge is 0.394 e. The molecule has 0 aromatic carbocycles. The number of hydrogen-bond donors (Lipinski definition) is 5. The Morgan fingerprint density at radius 2 is 2.24 bits per heavy atom. The van der Waals surface area contributed by atoms with E-state index in [1.54, 1.807) is 0 Å². The summed E-state index contributed by atoms with van der Waals surface area (Å²) in [5.41, 5.74) is 5.67. The van der Waals surface area contributed by atoms with Gasteiger partial charge in [-0.1, -0.05) is 0 Å². The van der Waals surface area contributed by atoms with Crippen LogP contribution in [0.5, 0.6) is 0 Å². The molecule has 1 aliphatic heterocycles. The third-order valence-electron chi connectivity index (χ3n) is 2.69. The Bertz CT molecular complexity index is 421. The zero-order chi connectivity index (χ0) is 12.6. The number of hydrogen-bond acceptors (Lipinski definition) is 6. The van der Waals surface area contributed by atoms with Crippen LogP contribution in [0.1, 0.15) is 11.8 Å². The number of aromatic nitrogens is 2. The number of ether oxygens (including phenoxy) is 1. The summed E-state index contributed by atoms with van der Waals surface area (Å²) in [6, 6.07) is 0. The first-order chi connectivity index (χ1) is 8.04. The van der Waals surface area contributed by atoms with Crippen LogP contribution in [0.2, 0.25) is 0 Å². The highest BCUT2D eigenvalue weighted by atomic mass is 16.6. The van der Waals surface area contributed by atoms with E-state index in [0.717, 1.165) is 0 Å². The molecule has 94 valence electrons. The van der Waals surface area contributed by atoms with Crippen LogP contribution in [0.3, 0.4) is 0 Å². The summed E-state index contributed by atoms with van der Waals surface area (Å²) in [5, 5.41) is 39.3. The lowest BCUT2D eigenvalue weighted by Gasteiger charge is -2.14. The van der Waals surface area contributed by atoms with Crippen molar-refractivity contribution in [3.8, 4) is 0 Å². The van der Waals surface area contributed by atoms with Crippen molar-refractivity contribution in [1.29, 1.82) is 5.41 Å². The maximum absolute atomic E-state index is 9.73. The van der Waals surface area contributed by atoms with Gasteiger partial charge in [0.25, 0.3) is 0 Å². The van der Waals surface area contributed by atoms with E-state index in [1.165, 1.54) is 17.1 Å². The molecule has 0 spiro atoms. The highest BCUT2D eigenvalue weighted by molar-refractivity contribution is 5.94. The van der Waals surface area contributed by atoms with Crippen LogP contribution in [0.4, 0.5) is 0 Å². The quantitative estimate of drug-likeness (QED) is 0.300. The highest BCUT2D eigenvalue weighted by Gasteiger charge is 2.43. The average molecular weight is 242 g/mol. The lowest BCUT2D eigenvalue weighted by Crippen LogP contribution is -2.33. The fourth-order valence-corrected chi connectivity index (χ4v) is 1.71. The number of aliphatic hydroxyl groups excluding tert-OH is 3. The molecule has 2 rings (SSSR count). The second-order valence-electron chi connectivity index (χ2n) is 3.85. The summed E-state index contributed by atoms with van der Waals surface area (Å²) < 4.78 is 6.52. The van der Waals surface area contributed by atoms with Crippen LogP contribution in [0.25, 0.3) is 0 Å². The molecule has 0 radical (unpaired) electrons. The Morgan fingerprint density at radius 1 is 1.53 bits per heavy atom. The number of nitrogens with two attached hydrogens (primary N) is 1.